The maximum Gasteiger partial charge on any atom is 0.220 e. The molecule has 0 aliphatic carbocycles. The molecule has 0 saturated carbocycles. The quantitative estimate of drug-likeness (QED) is 0.234. The van der Waals surface area contributed by atoms with E-state index in [1.807, 2.05) is 6.08 Å². The van der Waals surface area contributed by atoms with Crippen molar-refractivity contribution in [3.8, 4) is 0 Å². The highest BCUT2D eigenvalue weighted by Gasteiger charge is 1.99. The summed E-state index contributed by atoms with van der Waals surface area (Å²) in [6, 6.07) is 0.521. The predicted octanol–water partition coefficient (Wildman–Crippen LogP) is 3.41. The minimum Gasteiger partial charge on any atom is -0.370 e. The first-order chi connectivity index (χ1) is 10.0. The van der Waals surface area contributed by atoms with E-state index in [4.69, 9.17) is 4.74 Å². The number of amides is 1. The minimum absolute atomic E-state index is 0.0927. The molecule has 0 aromatic carbocycles. The normalized spacial score (nSPS) is 11.7. The number of carbonyl (C=O) groups is 1. The Morgan fingerprint density at radius 1 is 1.24 bits per heavy atom. The molecule has 1 amide bonds. The lowest BCUT2D eigenvalue weighted by Gasteiger charge is -2.07. The van der Waals surface area contributed by atoms with Gasteiger partial charge in [0.1, 0.15) is 5.94 Å². The maximum absolute atomic E-state index is 11.5. The molecule has 0 bridgehead atoms. The van der Waals surface area contributed by atoms with Crippen LogP contribution in [0.3, 0.4) is 0 Å². The van der Waals surface area contributed by atoms with E-state index in [0.717, 1.165) is 12.3 Å². The van der Waals surface area contributed by atoms with Gasteiger partial charge in [-0.25, -0.2) is 0 Å². The predicted molar refractivity (Wildman–Crippen MR) is 95.4 cm³/mol. The molecular formula is C15H30N2O2S2. The summed E-state index contributed by atoms with van der Waals surface area (Å²) in [5.41, 5.74) is 0. The van der Waals surface area contributed by atoms with E-state index in [1.165, 1.54) is 0 Å². The molecule has 0 aliphatic rings. The van der Waals surface area contributed by atoms with Crippen molar-refractivity contribution in [2.45, 2.75) is 46.6 Å². The largest absolute Gasteiger partial charge is 0.370 e. The van der Waals surface area contributed by atoms with Gasteiger partial charge in [0, 0.05) is 25.6 Å². The van der Waals surface area contributed by atoms with Gasteiger partial charge in [0.15, 0.2) is 0 Å². The molecule has 6 heteroatoms. The summed E-state index contributed by atoms with van der Waals surface area (Å²) in [5.74, 6) is 2.22. The third kappa shape index (κ3) is 17.8. The minimum atomic E-state index is 0.0927. The summed E-state index contributed by atoms with van der Waals surface area (Å²) in [4.78, 5) is 11.5. The molecule has 0 fully saturated rings. The van der Waals surface area contributed by atoms with Gasteiger partial charge in [0.25, 0.3) is 0 Å². The second-order valence-electron chi connectivity index (χ2n) is 5.34. The van der Waals surface area contributed by atoms with Crippen molar-refractivity contribution in [2.75, 3.05) is 25.0 Å². The van der Waals surface area contributed by atoms with Crippen LogP contribution in [0.2, 0.25) is 0 Å². The molecule has 124 valence electrons. The first kappa shape index (κ1) is 20.8. The summed E-state index contributed by atoms with van der Waals surface area (Å²) in [6.45, 7) is 9.75. The fourth-order valence-electron chi connectivity index (χ4n) is 1.31. The molecule has 0 rings (SSSR count). The van der Waals surface area contributed by atoms with Crippen LogP contribution in [0.1, 0.15) is 40.5 Å². The fourth-order valence-corrected chi connectivity index (χ4v) is 2.91. The zero-order chi connectivity index (χ0) is 15.9. The van der Waals surface area contributed by atoms with Gasteiger partial charge in [-0.2, -0.15) is 0 Å². The van der Waals surface area contributed by atoms with Crippen molar-refractivity contribution in [1.29, 1.82) is 0 Å². The molecule has 4 nitrogen and oxygen atoms in total. The smallest absolute Gasteiger partial charge is 0.220 e. The van der Waals surface area contributed by atoms with Gasteiger partial charge >= 0.3 is 0 Å². The standard InChI is InChI=1S/C15H30N2O2S2/c1-13(2)7-5-9-16-15(18)8-6-10-19-12-21-20-11-17-14(3)4/h5,7,13-14,17H,6,8-12H2,1-4H3,(H,16,18)/b7-5+. The topological polar surface area (TPSA) is 50.4 Å². The number of ether oxygens (including phenoxy) is 1. The molecule has 0 aliphatic heterocycles. The van der Waals surface area contributed by atoms with E-state index >= 15 is 0 Å². The molecule has 0 aromatic rings. The zero-order valence-electron chi connectivity index (χ0n) is 13.7. The van der Waals surface area contributed by atoms with Crippen LogP contribution in [0.5, 0.6) is 0 Å². The molecule has 21 heavy (non-hydrogen) atoms. The molecule has 0 unspecified atom stereocenters. The Morgan fingerprint density at radius 3 is 2.67 bits per heavy atom. The highest BCUT2D eigenvalue weighted by molar-refractivity contribution is 8.76. The second kappa shape index (κ2) is 14.8. The van der Waals surface area contributed by atoms with Crippen molar-refractivity contribution in [1.82, 2.24) is 10.6 Å². The van der Waals surface area contributed by atoms with Crippen LogP contribution >= 0.6 is 21.6 Å². The highest BCUT2D eigenvalue weighted by atomic mass is 33.1. The Morgan fingerprint density at radius 2 is 2.00 bits per heavy atom. The lowest BCUT2D eigenvalue weighted by molar-refractivity contribution is -0.121. The van der Waals surface area contributed by atoms with Crippen molar-refractivity contribution >= 4 is 27.5 Å². The summed E-state index contributed by atoms with van der Waals surface area (Å²) < 4.78 is 5.47. The van der Waals surface area contributed by atoms with Crippen LogP contribution in [0.15, 0.2) is 12.2 Å². The molecule has 0 aromatic heterocycles. The molecular weight excluding hydrogens is 304 g/mol. The summed E-state index contributed by atoms with van der Waals surface area (Å²) >= 11 is 0. The summed E-state index contributed by atoms with van der Waals surface area (Å²) in [5, 5.41) is 6.19. The third-order valence-corrected chi connectivity index (χ3v) is 4.25. The monoisotopic (exact) mass is 334 g/mol. The number of nitrogens with one attached hydrogen (secondary N) is 2. The fraction of sp³-hybridized carbons (Fsp3) is 0.800. The first-order valence-corrected chi connectivity index (χ1v) is 10.00. The molecule has 0 saturated heterocycles. The molecule has 0 spiro atoms. The number of allylic oxidation sites excluding steroid dienone is 1. The van der Waals surface area contributed by atoms with Crippen molar-refractivity contribution < 1.29 is 9.53 Å². The van der Waals surface area contributed by atoms with E-state index in [-0.39, 0.29) is 5.91 Å². The third-order valence-electron chi connectivity index (χ3n) is 2.40. The number of hydrogen-bond donors (Lipinski definition) is 2. The Balaban J connectivity index is 3.25. The Hall–Kier alpha value is -0.170. The number of carbonyl (C=O) groups excluding carboxylic acids is 1. The van der Waals surface area contributed by atoms with E-state index in [1.54, 1.807) is 21.6 Å². The van der Waals surface area contributed by atoms with Crippen LogP contribution in [0.25, 0.3) is 0 Å². The van der Waals surface area contributed by atoms with Crippen LogP contribution in [0.4, 0.5) is 0 Å². The van der Waals surface area contributed by atoms with Gasteiger partial charge in [0.2, 0.25) is 5.91 Å². The SMILES string of the molecule is CC(C)/C=C/CNC(=O)CCCOCSSCNC(C)C. The van der Waals surface area contributed by atoms with E-state index in [9.17, 15) is 4.79 Å². The number of rotatable bonds is 13. The van der Waals surface area contributed by atoms with Gasteiger partial charge in [-0.05, 0) is 12.3 Å². The average Bonchev–Trinajstić information content (AvgIpc) is 2.41. The molecule has 0 atom stereocenters. The Labute approximate surface area is 137 Å². The van der Waals surface area contributed by atoms with Gasteiger partial charge in [-0.15, -0.1) is 0 Å². The summed E-state index contributed by atoms with van der Waals surface area (Å²) in [6.07, 6.45) is 5.39. The first-order valence-electron chi connectivity index (χ1n) is 7.51. The highest BCUT2D eigenvalue weighted by Crippen LogP contribution is 2.19. The van der Waals surface area contributed by atoms with E-state index in [2.05, 4.69) is 44.4 Å². The zero-order valence-corrected chi connectivity index (χ0v) is 15.3. The van der Waals surface area contributed by atoms with Crippen molar-refractivity contribution in [3.05, 3.63) is 12.2 Å². The molecule has 0 heterocycles. The molecule has 2 N–H and O–H groups in total. The average molecular weight is 335 g/mol. The Bertz CT molecular complexity index is 285. The van der Waals surface area contributed by atoms with Crippen LogP contribution in [-0.2, 0) is 9.53 Å². The van der Waals surface area contributed by atoms with E-state index in [0.29, 0.717) is 37.5 Å². The molecule has 0 radical (unpaired) electrons. The lowest BCUT2D eigenvalue weighted by Crippen LogP contribution is -2.23. The maximum atomic E-state index is 11.5. The van der Waals surface area contributed by atoms with Crippen LogP contribution < -0.4 is 10.6 Å². The summed E-state index contributed by atoms with van der Waals surface area (Å²) in [7, 11) is 3.45. The van der Waals surface area contributed by atoms with Gasteiger partial charge in [-0.3, -0.25) is 4.79 Å². The van der Waals surface area contributed by atoms with Crippen LogP contribution in [-0.4, -0.2) is 36.9 Å². The van der Waals surface area contributed by atoms with Gasteiger partial charge in [0.05, 0.1) is 5.88 Å². The van der Waals surface area contributed by atoms with E-state index < -0.39 is 0 Å². The van der Waals surface area contributed by atoms with Crippen LogP contribution in [0, 0.1) is 5.92 Å². The van der Waals surface area contributed by atoms with Gasteiger partial charge in [-0.1, -0.05) is 61.4 Å². The number of hydrogen-bond acceptors (Lipinski definition) is 5. The lowest BCUT2D eigenvalue weighted by atomic mass is 10.2. The Kier molecular flexibility index (Phi) is 14.6. The van der Waals surface area contributed by atoms with Crippen molar-refractivity contribution in [2.24, 2.45) is 5.92 Å². The van der Waals surface area contributed by atoms with Crippen molar-refractivity contribution in [3.63, 3.8) is 0 Å². The van der Waals surface area contributed by atoms with Gasteiger partial charge < -0.3 is 15.4 Å². The second-order valence-corrected chi connectivity index (χ2v) is 7.75.